The van der Waals surface area contributed by atoms with Gasteiger partial charge in [-0.3, -0.25) is 14.6 Å². The summed E-state index contributed by atoms with van der Waals surface area (Å²) in [5, 5.41) is 9.89. The lowest BCUT2D eigenvalue weighted by Crippen LogP contribution is -2.53. The summed E-state index contributed by atoms with van der Waals surface area (Å²) in [6, 6.07) is 7.62. The molecule has 10 heteroatoms. The largest absolute Gasteiger partial charge is 0.395 e. The molecule has 1 aromatic carbocycles. The van der Waals surface area contributed by atoms with Crippen LogP contribution in [0, 0.1) is 0 Å². The molecule has 0 spiro atoms. The van der Waals surface area contributed by atoms with Crippen LogP contribution < -0.4 is 4.90 Å². The summed E-state index contributed by atoms with van der Waals surface area (Å²) >= 11 is 6.14. The number of hydrogen-bond acceptors (Lipinski definition) is 7. The number of aliphatic hydroxyl groups is 1. The summed E-state index contributed by atoms with van der Waals surface area (Å²) in [5.41, 5.74) is 2.43. The van der Waals surface area contributed by atoms with E-state index in [9.17, 15) is 14.3 Å². The Bertz CT molecular complexity index is 1070. The van der Waals surface area contributed by atoms with Crippen molar-refractivity contribution in [1.29, 1.82) is 0 Å². The zero-order chi connectivity index (χ0) is 25.9. The fraction of sp³-hybridized carbons (Fsp3) is 0.593. The molecule has 1 aromatic heterocycles. The van der Waals surface area contributed by atoms with E-state index in [2.05, 4.69) is 24.7 Å². The van der Waals surface area contributed by atoms with E-state index in [1.165, 1.54) is 6.33 Å². The summed E-state index contributed by atoms with van der Waals surface area (Å²) in [6.45, 7) is 9.59. The van der Waals surface area contributed by atoms with Gasteiger partial charge in [-0.15, -0.1) is 0 Å². The number of amides is 1. The van der Waals surface area contributed by atoms with Crippen LogP contribution in [0.5, 0.6) is 0 Å². The second-order valence-electron chi connectivity index (χ2n) is 10.4. The molecule has 2 saturated heterocycles. The number of carbonyl (C=O) groups is 1. The number of rotatable bonds is 7. The number of benzene rings is 1. The van der Waals surface area contributed by atoms with Crippen molar-refractivity contribution in [3.05, 3.63) is 52.4 Å². The molecule has 5 rings (SSSR count). The van der Waals surface area contributed by atoms with Crippen LogP contribution in [-0.4, -0.2) is 108 Å². The molecular formula is C27H36ClFN6O2. The van der Waals surface area contributed by atoms with Gasteiger partial charge in [0, 0.05) is 76.0 Å². The van der Waals surface area contributed by atoms with Gasteiger partial charge in [0.05, 0.1) is 18.2 Å². The van der Waals surface area contributed by atoms with E-state index in [0.29, 0.717) is 56.4 Å². The number of alkyl halides is 1. The molecule has 2 fully saturated rings. The number of anilines is 1. The van der Waals surface area contributed by atoms with E-state index in [-0.39, 0.29) is 24.3 Å². The minimum atomic E-state index is -1.03. The normalized spacial score (nSPS) is 23.8. The Morgan fingerprint density at radius 1 is 1.05 bits per heavy atom. The van der Waals surface area contributed by atoms with Crippen molar-refractivity contribution in [2.75, 3.05) is 77.0 Å². The van der Waals surface area contributed by atoms with Crippen LogP contribution >= 0.6 is 11.6 Å². The summed E-state index contributed by atoms with van der Waals surface area (Å²) in [5.74, 6) is 0.765. The van der Waals surface area contributed by atoms with Crippen LogP contribution in [0.3, 0.4) is 0 Å². The predicted molar refractivity (Wildman–Crippen MR) is 142 cm³/mol. The van der Waals surface area contributed by atoms with Gasteiger partial charge in [-0.1, -0.05) is 30.7 Å². The van der Waals surface area contributed by atoms with Gasteiger partial charge >= 0.3 is 0 Å². The summed E-state index contributed by atoms with van der Waals surface area (Å²) in [7, 11) is 0. The number of nitrogens with zero attached hydrogens (tertiary/aromatic N) is 6. The third-order valence-corrected chi connectivity index (χ3v) is 8.28. The highest BCUT2D eigenvalue weighted by Gasteiger charge is 2.36. The van der Waals surface area contributed by atoms with E-state index in [4.69, 9.17) is 11.6 Å². The molecule has 0 bridgehead atoms. The Kier molecular flexibility index (Phi) is 8.24. The quantitative estimate of drug-likeness (QED) is 0.590. The van der Waals surface area contributed by atoms with Crippen molar-refractivity contribution in [3.8, 4) is 0 Å². The highest BCUT2D eigenvalue weighted by atomic mass is 35.5. The zero-order valence-electron chi connectivity index (χ0n) is 21.4. The zero-order valence-corrected chi connectivity index (χ0v) is 22.2. The van der Waals surface area contributed by atoms with Gasteiger partial charge in [-0.2, -0.15) is 0 Å². The molecule has 2 aliphatic heterocycles. The van der Waals surface area contributed by atoms with Gasteiger partial charge in [0.15, 0.2) is 0 Å². The lowest BCUT2D eigenvalue weighted by atomic mass is 9.96. The molecular weight excluding hydrogens is 495 g/mol. The van der Waals surface area contributed by atoms with Gasteiger partial charge < -0.3 is 14.9 Å². The van der Waals surface area contributed by atoms with Gasteiger partial charge in [0.1, 0.15) is 18.3 Å². The monoisotopic (exact) mass is 530 g/mol. The number of fused-ring (bicyclic) bond motifs is 1. The number of carbonyl (C=O) groups excluding carboxylic acids is 1. The molecule has 0 radical (unpaired) electrons. The lowest BCUT2D eigenvalue weighted by Gasteiger charge is -2.40. The van der Waals surface area contributed by atoms with E-state index < -0.39 is 6.17 Å². The number of aliphatic hydroxyl groups excluding tert-OH is 1. The minimum Gasteiger partial charge on any atom is -0.395 e. The van der Waals surface area contributed by atoms with E-state index in [1.54, 1.807) is 0 Å². The first kappa shape index (κ1) is 26.3. The second-order valence-corrected chi connectivity index (χ2v) is 10.8. The molecule has 200 valence electrons. The summed E-state index contributed by atoms with van der Waals surface area (Å²) < 4.78 is 14.4. The average Bonchev–Trinajstić information content (AvgIpc) is 3.22. The number of piperazine rings is 2. The molecule has 8 nitrogen and oxygen atoms in total. The second kappa shape index (κ2) is 11.6. The molecule has 1 N–H and O–H groups in total. The lowest BCUT2D eigenvalue weighted by molar-refractivity contribution is -0.133. The number of halogens is 2. The van der Waals surface area contributed by atoms with Crippen molar-refractivity contribution in [2.24, 2.45) is 0 Å². The number of aromatic nitrogens is 2. The smallest absolute Gasteiger partial charge is 0.231 e. The topological polar surface area (TPSA) is 76.0 Å². The molecule has 1 aliphatic carbocycles. The Balaban J connectivity index is 1.27. The highest BCUT2D eigenvalue weighted by molar-refractivity contribution is 6.30. The Morgan fingerprint density at radius 2 is 1.73 bits per heavy atom. The van der Waals surface area contributed by atoms with Crippen LogP contribution in [0.2, 0.25) is 5.02 Å². The maximum absolute atomic E-state index is 14.4. The molecule has 3 aliphatic rings. The SMILES string of the molecule is C[C@@H]1C[C@@H](F)c2ncnc(N3CCN(C(=O)C(CN4CCN(CCO)CC4)c4ccc(Cl)cc4)CC3)c21. The van der Waals surface area contributed by atoms with Gasteiger partial charge in [0.2, 0.25) is 5.91 Å². The number of β-amino-alcohol motifs (C(OH)–C–C–N with tert-alkyl or cyclic N) is 1. The molecule has 1 unspecified atom stereocenters. The Labute approximate surface area is 223 Å². The molecule has 37 heavy (non-hydrogen) atoms. The van der Waals surface area contributed by atoms with Gasteiger partial charge in [-0.05, 0) is 30.0 Å². The van der Waals surface area contributed by atoms with Crippen molar-refractivity contribution < 1.29 is 14.3 Å². The Morgan fingerprint density at radius 3 is 2.41 bits per heavy atom. The third-order valence-electron chi connectivity index (χ3n) is 8.03. The van der Waals surface area contributed by atoms with Crippen molar-refractivity contribution in [2.45, 2.75) is 31.4 Å². The van der Waals surface area contributed by atoms with Crippen molar-refractivity contribution >= 4 is 23.3 Å². The summed E-state index contributed by atoms with van der Waals surface area (Å²) in [4.78, 5) is 31.4. The van der Waals surface area contributed by atoms with Crippen molar-refractivity contribution in [3.63, 3.8) is 0 Å². The molecule has 3 atom stereocenters. The third kappa shape index (κ3) is 5.74. The number of hydrogen-bond donors (Lipinski definition) is 1. The van der Waals surface area contributed by atoms with Gasteiger partial charge in [-0.25, -0.2) is 14.4 Å². The highest BCUT2D eigenvalue weighted by Crippen LogP contribution is 2.44. The van der Waals surface area contributed by atoms with Crippen LogP contribution in [0.25, 0.3) is 0 Å². The summed E-state index contributed by atoms with van der Waals surface area (Å²) in [6.07, 6.45) is 0.893. The fourth-order valence-corrected chi connectivity index (χ4v) is 6.01. The minimum absolute atomic E-state index is 0.0907. The first-order valence-electron chi connectivity index (χ1n) is 13.3. The fourth-order valence-electron chi connectivity index (χ4n) is 5.89. The van der Waals surface area contributed by atoms with E-state index in [1.807, 2.05) is 36.1 Å². The molecule has 3 heterocycles. The predicted octanol–water partition coefficient (Wildman–Crippen LogP) is 2.69. The molecule has 0 saturated carbocycles. The van der Waals surface area contributed by atoms with E-state index in [0.717, 1.165) is 43.1 Å². The maximum Gasteiger partial charge on any atom is 0.231 e. The van der Waals surface area contributed by atoms with Crippen LogP contribution in [-0.2, 0) is 4.79 Å². The van der Waals surface area contributed by atoms with Crippen molar-refractivity contribution in [1.82, 2.24) is 24.7 Å². The Hall–Kier alpha value is -2.33. The standard InChI is InChI=1S/C27H36ClFN6O2/c1-19-16-23(29)25-24(19)26(31-18-30-25)34-10-12-35(13-11-34)27(37)22(20-2-4-21(28)5-3-20)17-33-8-6-32(7-9-33)14-15-36/h2-5,18-19,22-23,36H,6-17H2,1H3/t19-,22?,23-/m1/s1. The van der Waals surface area contributed by atoms with Crippen LogP contribution in [0.15, 0.2) is 30.6 Å². The van der Waals surface area contributed by atoms with Gasteiger partial charge in [0.25, 0.3) is 0 Å². The van der Waals surface area contributed by atoms with Crippen LogP contribution in [0.1, 0.15) is 48.2 Å². The maximum atomic E-state index is 14.4. The molecule has 1 amide bonds. The molecule has 2 aromatic rings. The first-order chi connectivity index (χ1) is 17.9. The average molecular weight is 531 g/mol. The first-order valence-corrected chi connectivity index (χ1v) is 13.7. The van der Waals surface area contributed by atoms with E-state index >= 15 is 0 Å². The van der Waals surface area contributed by atoms with Crippen LogP contribution in [0.4, 0.5) is 10.2 Å².